The first-order valence-electron chi connectivity index (χ1n) is 7.59. The first kappa shape index (κ1) is 13.7. The monoisotopic (exact) mass is 276 g/mol. The van der Waals surface area contributed by atoms with Crippen LogP contribution in [0.4, 0.5) is 0 Å². The van der Waals surface area contributed by atoms with Gasteiger partial charge in [-0.25, -0.2) is 0 Å². The zero-order chi connectivity index (χ0) is 13.9. The molecule has 0 unspecified atom stereocenters. The first-order chi connectivity index (χ1) is 9.78. The molecule has 1 aliphatic carbocycles. The number of phenolic OH excluding ortho intramolecular Hbond substituents is 1. The van der Waals surface area contributed by atoms with Crippen molar-refractivity contribution in [3.8, 4) is 11.5 Å². The lowest BCUT2D eigenvalue weighted by Crippen LogP contribution is -2.45. The molecular weight excluding hydrogens is 252 g/mol. The molecule has 0 radical (unpaired) electrons. The molecule has 1 saturated heterocycles. The van der Waals surface area contributed by atoms with Crippen LogP contribution in [-0.4, -0.2) is 43.3 Å². The molecule has 0 bridgehead atoms. The van der Waals surface area contributed by atoms with E-state index in [1.165, 1.54) is 24.8 Å². The Morgan fingerprint density at radius 3 is 2.75 bits per heavy atom. The van der Waals surface area contributed by atoms with Crippen molar-refractivity contribution in [2.75, 3.05) is 33.3 Å². The third kappa shape index (κ3) is 3.07. The number of nitrogens with zero attached hydrogens (tertiary/aromatic N) is 1. The molecule has 3 rings (SSSR count). The maximum Gasteiger partial charge on any atom is 0.160 e. The fraction of sp³-hybridized carbons (Fsp3) is 0.625. The number of nitrogens with one attached hydrogen (secondary N) is 1. The third-order valence-corrected chi connectivity index (χ3v) is 4.43. The summed E-state index contributed by atoms with van der Waals surface area (Å²) in [7, 11) is 1.61. The zero-order valence-corrected chi connectivity index (χ0v) is 12.1. The number of ether oxygens (including phenoxy) is 1. The Bertz CT molecular complexity index is 454. The van der Waals surface area contributed by atoms with Gasteiger partial charge in [-0.05, 0) is 30.0 Å². The Morgan fingerprint density at radius 1 is 1.35 bits per heavy atom. The number of phenols is 1. The summed E-state index contributed by atoms with van der Waals surface area (Å²) in [6, 6.07) is 6.27. The van der Waals surface area contributed by atoms with E-state index in [4.69, 9.17) is 4.74 Å². The van der Waals surface area contributed by atoms with Crippen LogP contribution in [0, 0.1) is 5.92 Å². The van der Waals surface area contributed by atoms with E-state index in [0.717, 1.165) is 32.1 Å². The molecule has 110 valence electrons. The van der Waals surface area contributed by atoms with Crippen molar-refractivity contribution in [1.82, 2.24) is 10.2 Å². The van der Waals surface area contributed by atoms with Gasteiger partial charge in [0.15, 0.2) is 11.5 Å². The van der Waals surface area contributed by atoms with E-state index in [0.29, 0.717) is 11.8 Å². The Kier molecular flexibility index (Phi) is 4.13. The number of rotatable bonds is 5. The minimum atomic E-state index is 0.224. The Balaban J connectivity index is 1.83. The van der Waals surface area contributed by atoms with Gasteiger partial charge in [-0.3, -0.25) is 4.90 Å². The molecule has 2 aliphatic rings. The highest BCUT2D eigenvalue weighted by atomic mass is 16.5. The maximum absolute atomic E-state index is 9.77. The molecule has 2 N–H and O–H groups in total. The van der Waals surface area contributed by atoms with Crippen LogP contribution in [0.3, 0.4) is 0 Å². The number of piperazine rings is 1. The van der Waals surface area contributed by atoms with E-state index in [9.17, 15) is 5.11 Å². The standard InChI is InChI=1S/C16H24N2O2/c1-20-16-11-13(4-5-15(16)19)14(10-12-2-3-12)18-8-6-17-7-9-18/h4-5,11-12,14,17,19H,2-3,6-10H2,1H3/t14-/m1/s1. The zero-order valence-electron chi connectivity index (χ0n) is 12.1. The van der Waals surface area contributed by atoms with Crippen LogP contribution >= 0.6 is 0 Å². The van der Waals surface area contributed by atoms with E-state index in [1.54, 1.807) is 13.2 Å². The summed E-state index contributed by atoms with van der Waals surface area (Å²) in [5.74, 6) is 1.69. The van der Waals surface area contributed by atoms with Crippen LogP contribution in [0.1, 0.15) is 30.9 Å². The number of hydrogen-bond acceptors (Lipinski definition) is 4. The highest BCUT2D eigenvalue weighted by molar-refractivity contribution is 5.42. The van der Waals surface area contributed by atoms with Gasteiger partial charge in [-0.15, -0.1) is 0 Å². The lowest BCUT2D eigenvalue weighted by atomic mass is 9.98. The van der Waals surface area contributed by atoms with E-state index < -0.39 is 0 Å². The topological polar surface area (TPSA) is 44.7 Å². The largest absolute Gasteiger partial charge is 0.504 e. The molecule has 1 saturated carbocycles. The van der Waals surface area contributed by atoms with Crippen molar-refractivity contribution in [2.24, 2.45) is 5.92 Å². The predicted molar refractivity (Wildman–Crippen MR) is 79.2 cm³/mol. The Labute approximate surface area is 120 Å². The number of hydrogen-bond donors (Lipinski definition) is 2. The summed E-state index contributed by atoms with van der Waals surface area (Å²) in [5, 5.41) is 13.2. The average Bonchev–Trinajstić information content (AvgIpc) is 3.30. The average molecular weight is 276 g/mol. The van der Waals surface area contributed by atoms with E-state index in [-0.39, 0.29) is 5.75 Å². The van der Waals surface area contributed by atoms with Gasteiger partial charge in [0.25, 0.3) is 0 Å². The molecular formula is C16H24N2O2. The predicted octanol–water partition coefficient (Wildman–Crippen LogP) is 2.15. The van der Waals surface area contributed by atoms with Gasteiger partial charge < -0.3 is 15.2 Å². The molecule has 0 aromatic heterocycles. The smallest absolute Gasteiger partial charge is 0.160 e. The fourth-order valence-corrected chi connectivity index (χ4v) is 3.06. The summed E-state index contributed by atoms with van der Waals surface area (Å²) in [6.07, 6.45) is 3.98. The summed E-state index contributed by atoms with van der Waals surface area (Å²) in [4.78, 5) is 2.57. The quantitative estimate of drug-likeness (QED) is 0.865. The van der Waals surface area contributed by atoms with Crippen molar-refractivity contribution >= 4 is 0 Å². The molecule has 4 heteroatoms. The van der Waals surface area contributed by atoms with Gasteiger partial charge in [0.05, 0.1) is 7.11 Å². The summed E-state index contributed by atoms with van der Waals surface area (Å²) < 4.78 is 5.26. The second kappa shape index (κ2) is 6.02. The highest BCUT2D eigenvalue weighted by Gasteiger charge is 2.30. The molecule has 1 atom stereocenters. The third-order valence-electron chi connectivity index (χ3n) is 4.43. The lowest BCUT2D eigenvalue weighted by Gasteiger charge is -2.35. The Hall–Kier alpha value is -1.26. The molecule has 1 aromatic carbocycles. The molecule has 1 aromatic rings. The lowest BCUT2D eigenvalue weighted by molar-refractivity contribution is 0.160. The maximum atomic E-state index is 9.77. The van der Waals surface area contributed by atoms with Crippen molar-refractivity contribution in [2.45, 2.75) is 25.3 Å². The van der Waals surface area contributed by atoms with E-state index in [2.05, 4.69) is 10.2 Å². The molecule has 0 spiro atoms. The summed E-state index contributed by atoms with van der Waals surface area (Å²) in [5.41, 5.74) is 1.27. The molecule has 1 heterocycles. The normalized spacial score (nSPS) is 21.6. The Morgan fingerprint density at radius 2 is 2.10 bits per heavy atom. The first-order valence-corrected chi connectivity index (χ1v) is 7.59. The van der Waals surface area contributed by atoms with Crippen LogP contribution in [0.25, 0.3) is 0 Å². The van der Waals surface area contributed by atoms with E-state index in [1.807, 2.05) is 12.1 Å². The highest BCUT2D eigenvalue weighted by Crippen LogP contribution is 2.41. The molecule has 2 fully saturated rings. The van der Waals surface area contributed by atoms with Crippen LogP contribution in [0.15, 0.2) is 18.2 Å². The van der Waals surface area contributed by atoms with Crippen molar-refractivity contribution in [3.05, 3.63) is 23.8 Å². The minimum Gasteiger partial charge on any atom is -0.504 e. The summed E-state index contributed by atoms with van der Waals surface area (Å²) in [6.45, 7) is 4.33. The number of benzene rings is 1. The second-order valence-corrected chi connectivity index (χ2v) is 5.91. The van der Waals surface area contributed by atoms with Gasteiger partial charge in [-0.1, -0.05) is 18.9 Å². The van der Waals surface area contributed by atoms with Gasteiger partial charge in [0, 0.05) is 32.2 Å². The van der Waals surface area contributed by atoms with Crippen LogP contribution in [0.5, 0.6) is 11.5 Å². The summed E-state index contributed by atoms with van der Waals surface area (Å²) >= 11 is 0. The molecule has 4 nitrogen and oxygen atoms in total. The van der Waals surface area contributed by atoms with Crippen molar-refractivity contribution < 1.29 is 9.84 Å². The van der Waals surface area contributed by atoms with Crippen LogP contribution in [0.2, 0.25) is 0 Å². The molecule has 0 amide bonds. The van der Waals surface area contributed by atoms with Crippen molar-refractivity contribution in [1.29, 1.82) is 0 Å². The van der Waals surface area contributed by atoms with Crippen LogP contribution in [-0.2, 0) is 0 Å². The second-order valence-electron chi connectivity index (χ2n) is 5.91. The molecule has 1 aliphatic heterocycles. The fourth-order valence-electron chi connectivity index (χ4n) is 3.06. The minimum absolute atomic E-state index is 0.224. The molecule has 20 heavy (non-hydrogen) atoms. The number of methoxy groups -OCH3 is 1. The number of aromatic hydroxyl groups is 1. The van der Waals surface area contributed by atoms with Gasteiger partial charge in [0.1, 0.15) is 0 Å². The van der Waals surface area contributed by atoms with E-state index >= 15 is 0 Å². The van der Waals surface area contributed by atoms with Gasteiger partial charge >= 0.3 is 0 Å². The van der Waals surface area contributed by atoms with Crippen LogP contribution < -0.4 is 10.1 Å². The van der Waals surface area contributed by atoms with Gasteiger partial charge in [0.2, 0.25) is 0 Å². The van der Waals surface area contributed by atoms with Crippen molar-refractivity contribution in [3.63, 3.8) is 0 Å². The van der Waals surface area contributed by atoms with Gasteiger partial charge in [-0.2, -0.15) is 0 Å². The SMILES string of the molecule is COc1cc([C@@H](CC2CC2)N2CCNCC2)ccc1O.